The second kappa shape index (κ2) is 4.83. The van der Waals surface area contributed by atoms with Crippen LogP contribution in [0.4, 0.5) is 4.39 Å². The van der Waals surface area contributed by atoms with E-state index < -0.39 is 5.82 Å². The van der Waals surface area contributed by atoms with Gasteiger partial charge in [-0.3, -0.25) is 0 Å². The lowest BCUT2D eigenvalue weighted by Crippen LogP contribution is -2.15. The molecule has 0 unspecified atom stereocenters. The van der Waals surface area contributed by atoms with Crippen LogP contribution in [0.2, 0.25) is 5.02 Å². The Morgan fingerprint density at radius 1 is 1.47 bits per heavy atom. The van der Waals surface area contributed by atoms with Crippen LogP contribution in [0.15, 0.2) is 12.1 Å². The van der Waals surface area contributed by atoms with Crippen LogP contribution in [-0.2, 0) is 12.4 Å². The SMILES string of the molecule is CSC1(Cn2c(CCl)nc3cc(F)c(Cl)cc32)CC1. The molecule has 2 nitrogen and oxygen atoms in total. The van der Waals surface area contributed by atoms with Gasteiger partial charge in [0.2, 0.25) is 0 Å². The van der Waals surface area contributed by atoms with Crippen molar-refractivity contribution in [1.29, 1.82) is 0 Å². The summed E-state index contributed by atoms with van der Waals surface area (Å²) in [6.07, 6.45) is 4.52. The fourth-order valence-corrected chi connectivity index (χ4v) is 3.43. The summed E-state index contributed by atoms with van der Waals surface area (Å²) in [7, 11) is 0. The number of fused-ring (bicyclic) bond motifs is 1. The molecule has 1 aliphatic carbocycles. The maximum absolute atomic E-state index is 13.5. The quantitative estimate of drug-likeness (QED) is 0.774. The molecule has 0 N–H and O–H groups in total. The Hall–Kier alpha value is -0.450. The van der Waals surface area contributed by atoms with Crippen molar-refractivity contribution >= 4 is 46.0 Å². The second-order valence-corrected chi connectivity index (χ2v) is 6.84. The minimum absolute atomic E-state index is 0.128. The fraction of sp³-hybridized carbons (Fsp3) is 0.462. The van der Waals surface area contributed by atoms with Gasteiger partial charge in [0.15, 0.2) is 0 Å². The summed E-state index contributed by atoms with van der Waals surface area (Å²) in [5, 5.41) is 0.128. The normalized spacial score (nSPS) is 17.1. The van der Waals surface area contributed by atoms with Crippen LogP contribution in [-0.4, -0.2) is 20.6 Å². The van der Waals surface area contributed by atoms with E-state index in [-0.39, 0.29) is 9.77 Å². The standard InChI is InChI=1S/C13H13Cl2FN2S/c1-19-13(2-3-13)7-18-11-4-8(15)9(16)5-10(11)17-12(18)6-14/h4-5H,2-3,6-7H2,1H3. The molecule has 1 fully saturated rings. The molecular formula is C13H13Cl2FN2S. The summed E-state index contributed by atoms with van der Waals surface area (Å²) in [4.78, 5) is 4.40. The summed E-state index contributed by atoms with van der Waals surface area (Å²) in [5.41, 5.74) is 1.48. The second-order valence-electron chi connectivity index (χ2n) is 4.89. The fourth-order valence-electron chi connectivity index (χ4n) is 2.30. The lowest BCUT2D eigenvalue weighted by Gasteiger charge is -2.15. The predicted octanol–water partition coefficient (Wildman–Crippen LogP) is 4.46. The van der Waals surface area contributed by atoms with Crippen LogP contribution >= 0.6 is 35.0 Å². The van der Waals surface area contributed by atoms with Crippen molar-refractivity contribution < 1.29 is 4.39 Å². The van der Waals surface area contributed by atoms with Crippen molar-refractivity contribution in [2.45, 2.75) is 30.0 Å². The number of rotatable bonds is 4. The first-order chi connectivity index (χ1) is 9.08. The summed E-state index contributed by atoms with van der Waals surface area (Å²) < 4.78 is 15.9. The van der Waals surface area contributed by atoms with Crippen LogP contribution < -0.4 is 0 Å². The summed E-state index contributed by atoms with van der Waals surface area (Å²) in [5.74, 6) is 0.655. The molecule has 0 spiro atoms. The van der Waals surface area contributed by atoms with Crippen LogP contribution in [0, 0.1) is 5.82 Å². The molecular weight excluding hydrogens is 306 g/mol. The topological polar surface area (TPSA) is 17.8 Å². The molecule has 0 atom stereocenters. The number of benzene rings is 1. The van der Waals surface area contributed by atoms with Crippen LogP contribution in [0.25, 0.3) is 11.0 Å². The molecule has 0 saturated heterocycles. The summed E-state index contributed by atoms with van der Waals surface area (Å²) in [6, 6.07) is 3.02. The third-order valence-electron chi connectivity index (χ3n) is 3.68. The lowest BCUT2D eigenvalue weighted by molar-refractivity contribution is 0.629. The Labute approximate surface area is 125 Å². The molecule has 1 aromatic carbocycles. The number of hydrogen-bond donors (Lipinski definition) is 0. The van der Waals surface area contributed by atoms with Gasteiger partial charge in [-0.15, -0.1) is 11.6 Å². The smallest absolute Gasteiger partial charge is 0.144 e. The van der Waals surface area contributed by atoms with E-state index in [1.807, 2.05) is 11.8 Å². The average Bonchev–Trinajstić information content (AvgIpc) is 3.10. The minimum Gasteiger partial charge on any atom is -0.326 e. The number of hydrogen-bond acceptors (Lipinski definition) is 2. The molecule has 6 heteroatoms. The van der Waals surface area contributed by atoms with Crippen molar-refractivity contribution in [3.05, 3.63) is 28.8 Å². The highest BCUT2D eigenvalue weighted by molar-refractivity contribution is 8.00. The molecule has 19 heavy (non-hydrogen) atoms. The van der Waals surface area contributed by atoms with Gasteiger partial charge in [-0.05, 0) is 25.2 Å². The molecule has 1 aromatic heterocycles. The first kappa shape index (κ1) is 13.5. The number of imidazole rings is 1. The summed E-state index contributed by atoms with van der Waals surface area (Å²) >= 11 is 13.7. The number of alkyl halides is 1. The van der Waals surface area contributed by atoms with Gasteiger partial charge in [-0.25, -0.2) is 9.37 Å². The van der Waals surface area contributed by atoms with Crippen molar-refractivity contribution in [1.82, 2.24) is 9.55 Å². The maximum atomic E-state index is 13.5. The monoisotopic (exact) mass is 318 g/mol. The maximum Gasteiger partial charge on any atom is 0.144 e. The molecule has 0 radical (unpaired) electrons. The summed E-state index contributed by atoms with van der Waals surface area (Å²) in [6.45, 7) is 0.856. The van der Waals surface area contributed by atoms with Crippen molar-refractivity contribution in [3.8, 4) is 0 Å². The Morgan fingerprint density at radius 3 is 2.79 bits per heavy atom. The third-order valence-corrected chi connectivity index (χ3v) is 5.61. The molecule has 0 aliphatic heterocycles. The first-order valence-corrected chi connectivity index (χ1v) is 8.17. The number of halogens is 3. The highest BCUT2D eigenvalue weighted by Gasteiger charge is 2.42. The van der Waals surface area contributed by atoms with E-state index in [1.54, 1.807) is 6.07 Å². The molecule has 1 aliphatic rings. The van der Waals surface area contributed by atoms with Gasteiger partial charge in [0, 0.05) is 17.4 Å². The van der Waals surface area contributed by atoms with Crippen molar-refractivity contribution in [2.75, 3.05) is 6.26 Å². The minimum atomic E-state index is -0.439. The zero-order valence-electron chi connectivity index (χ0n) is 10.4. The van der Waals surface area contributed by atoms with Gasteiger partial charge in [0.25, 0.3) is 0 Å². The molecule has 102 valence electrons. The van der Waals surface area contributed by atoms with Gasteiger partial charge in [-0.2, -0.15) is 11.8 Å². The Bertz CT molecular complexity index is 637. The molecule has 3 rings (SSSR count). The van der Waals surface area contributed by atoms with E-state index in [0.717, 1.165) is 17.9 Å². The van der Waals surface area contributed by atoms with E-state index in [4.69, 9.17) is 23.2 Å². The zero-order chi connectivity index (χ0) is 13.6. The number of nitrogens with zero attached hydrogens (tertiary/aromatic N) is 2. The van der Waals surface area contributed by atoms with E-state index in [2.05, 4.69) is 15.8 Å². The Kier molecular flexibility index (Phi) is 3.44. The third kappa shape index (κ3) is 2.34. The van der Waals surface area contributed by atoms with Crippen LogP contribution in [0.5, 0.6) is 0 Å². The number of aromatic nitrogens is 2. The van der Waals surface area contributed by atoms with Crippen molar-refractivity contribution in [3.63, 3.8) is 0 Å². The first-order valence-electron chi connectivity index (χ1n) is 6.04. The van der Waals surface area contributed by atoms with Gasteiger partial charge in [0.1, 0.15) is 11.6 Å². The van der Waals surface area contributed by atoms with Gasteiger partial charge in [0.05, 0.1) is 21.9 Å². The molecule has 1 heterocycles. The van der Waals surface area contributed by atoms with Crippen molar-refractivity contribution in [2.24, 2.45) is 0 Å². The van der Waals surface area contributed by atoms with Gasteiger partial charge in [-0.1, -0.05) is 11.6 Å². The highest BCUT2D eigenvalue weighted by Crippen LogP contribution is 2.49. The molecule has 1 saturated carbocycles. The molecule has 0 bridgehead atoms. The Morgan fingerprint density at radius 2 is 2.21 bits per heavy atom. The van der Waals surface area contributed by atoms with Gasteiger partial charge >= 0.3 is 0 Å². The van der Waals surface area contributed by atoms with E-state index in [1.165, 1.54) is 18.9 Å². The van der Waals surface area contributed by atoms with E-state index >= 15 is 0 Å². The van der Waals surface area contributed by atoms with E-state index in [0.29, 0.717) is 11.4 Å². The molecule has 2 aromatic rings. The van der Waals surface area contributed by atoms with Gasteiger partial charge < -0.3 is 4.57 Å². The van der Waals surface area contributed by atoms with Crippen LogP contribution in [0.3, 0.4) is 0 Å². The largest absolute Gasteiger partial charge is 0.326 e. The molecule has 0 amide bonds. The lowest BCUT2D eigenvalue weighted by atomic mass is 10.3. The van der Waals surface area contributed by atoms with E-state index in [9.17, 15) is 4.39 Å². The zero-order valence-corrected chi connectivity index (χ0v) is 12.7. The van der Waals surface area contributed by atoms with Crippen LogP contribution in [0.1, 0.15) is 18.7 Å². The highest BCUT2D eigenvalue weighted by atomic mass is 35.5. The average molecular weight is 319 g/mol. The number of thioether (sulfide) groups is 1. The Balaban J connectivity index is 2.12. The predicted molar refractivity (Wildman–Crippen MR) is 79.7 cm³/mol.